The van der Waals surface area contributed by atoms with Crippen molar-refractivity contribution in [3.05, 3.63) is 0 Å². The summed E-state index contributed by atoms with van der Waals surface area (Å²) in [4.78, 5) is 24.1. The molecule has 1 aliphatic rings. The van der Waals surface area contributed by atoms with Crippen LogP contribution < -0.4 is 5.32 Å². The predicted octanol–water partition coefficient (Wildman–Crippen LogP) is 1.93. The van der Waals surface area contributed by atoms with Crippen LogP contribution in [-0.4, -0.2) is 41.6 Å². The van der Waals surface area contributed by atoms with Crippen LogP contribution in [0.5, 0.6) is 0 Å². The van der Waals surface area contributed by atoms with E-state index in [-0.39, 0.29) is 18.6 Å². The summed E-state index contributed by atoms with van der Waals surface area (Å²) >= 11 is 0. The minimum atomic E-state index is -0.876. The first kappa shape index (κ1) is 14.8. The highest BCUT2D eigenvalue weighted by Crippen LogP contribution is 2.27. The number of carbonyl (C=O) groups is 2. The maximum Gasteiger partial charge on any atom is 0.317 e. The van der Waals surface area contributed by atoms with Crippen molar-refractivity contribution >= 4 is 12.0 Å². The number of carbonyl (C=O) groups excluding carboxylic acids is 1. The zero-order valence-electron chi connectivity index (χ0n) is 11.5. The minimum Gasteiger partial charge on any atom is -0.481 e. The first-order chi connectivity index (χ1) is 8.41. The third-order valence-electron chi connectivity index (χ3n) is 3.77. The zero-order valence-corrected chi connectivity index (χ0v) is 11.5. The summed E-state index contributed by atoms with van der Waals surface area (Å²) in [7, 11) is 1.64. The van der Waals surface area contributed by atoms with E-state index in [2.05, 4.69) is 5.32 Å². The molecule has 0 radical (unpaired) electrons. The molecule has 5 nitrogen and oxygen atoms in total. The van der Waals surface area contributed by atoms with Crippen molar-refractivity contribution in [2.75, 3.05) is 13.6 Å². The second-order valence-electron chi connectivity index (χ2n) is 5.40. The topological polar surface area (TPSA) is 69.6 Å². The van der Waals surface area contributed by atoms with Crippen LogP contribution in [0.25, 0.3) is 0 Å². The fourth-order valence-electron chi connectivity index (χ4n) is 2.45. The van der Waals surface area contributed by atoms with Gasteiger partial charge in [-0.05, 0) is 25.7 Å². The first-order valence-electron chi connectivity index (χ1n) is 6.66. The third kappa shape index (κ3) is 4.20. The van der Waals surface area contributed by atoms with Gasteiger partial charge < -0.3 is 15.3 Å². The molecule has 0 heterocycles. The Kier molecular flexibility index (Phi) is 5.44. The molecule has 0 aromatic carbocycles. The standard InChI is InChI=1S/C13H24N2O3/c1-9(12(16)17)8-15(3)13(18)14-10(2)11-6-4-5-7-11/h9-11H,4-8H2,1-3H3,(H,14,18)(H,16,17)/t9?,10-/m1/s1. The minimum absolute atomic E-state index is 0.169. The largest absolute Gasteiger partial charge is 0.481 e. The number of nitrogens with zero attached hydrogens (tertiary/aromatic N) is 1. The van der Waals surface area contributed by atoms with E-state index in [4.69, 9.17) is 5.11 Å². The third-order valence-corrected chi connectivity index (χ3v) is 3.77. The Hall–Kier alpha value is -1.26. The Labute approximate surface area is 109 Å². The van der Waals surface area contributed by atoms with Crippen LogP contribution in [-0.2, 0) is 4.79 Å². The monoisotopic (exact) mass is 256 g/mol. The number of carboxylic acids is 1. The van der Waals surface area contributed by atoms with Gasteiger partial charge in [-0.2, -0.15) is 0 Å². The van der Waals surface area contributed by atoms with Gasteiger partial charge in [0.25, 0.3) is 0 Å². The van der Waals surface area contributed by atoms with Crippen molar-refractivity contribution in [1.29, 1.82) is 0 Å². The summed E-state index contributed by atoms with van der Waals surface area (Å²) in [6.07, 6.45) is 4.85. The summed E-state index contributed by atoms with van der Waals surface area (Å²) in [6.45, 7) is 3.87. The van der Waals surface area contributed by atoms with E-state index in [0.717, 1.165) is 0 Å². The molecule has 2 N–H and O–H groups in total. The Morgan fingerprint density at radius 1 is 1.33 bits per heavy atom. The zero-order chi connectivity index (χ0) is 13.7. The van der Waals surface area contributed by atoms with Crippen molar-refractivity contribution in [3.63, 3.8) is 0 Å². The highest BCUT2D eigenvalue weighted by Gasteiger charge is 2.24. The van der Waals surface area contributed by atoms with E-state index in [1.807, 2.05) is 6.92 Å². The van der Waals surface area contributed by atoms with Crippen molar-refractivity contribution < 1.29 is 14.7 Å². The Balaban J connectivity index is 2.36. The van der Waals surface area contributed by atoms with Crippen molar-refractivity contribution in [2.45, 2.75) is 45.6 Å². The summed E-state index contributed by atoms with van der Waals surface area (Å²) in [5.74, 6) is -0.847. The summed E-state index contributed by atoms with van der Waals surface area (Å²) < 4.78 is 0. The van der Waals surface area contributed by atoms with Crippen LogP contribution in [0.3, 0.4) is 0 Å². The SMILES string of the molecule is CC(CN(C)C(=O)N[C@H](C)C1CCCC1)C(=O)O. The van der Waals surface area contributed by atoms with Crippen LogP contribution in [0.1, 0.15) is 39.5 Å². The number of rotatable bonds is 5. The molecule has 104 valence electrons. The van der Waals surface area contributed by atoms with E-state index in [1.165, 1.54) is 30.6 Å². The molecule has 0 saturated heterocycles. The molecule has 1 fully saturated rings. The summed E-state index contributed by atoms with van der Waals surface area (Å²) in [5.41, 5.74) is 0. The Morgan fingerprint density at radius 3 is 2.39 bits per heavy atom. The number of aliphatic carboxylic acids is 1. The molecule has 1 unspecified atom stereocenters. The van der Waals surface area contributed by atoms with Gasteiger partial charge >= 0.3 is 12.0 Å². The van der Waals surface area contributed by atoms with Gasteiger partial charge in [0.1, 0.15) is 0 Å². The number of hydrogen-bond acceptors (Lipinski definition) is 2. The highest BCUT2D eigenvalue weighted by atomic mass is 16.4. The summed E-state index contributed by atoms with van der Waals surface area (Å²) in [6, 6.07) is -0.00918. The van der Waals surface area contributed by atoms with E-state index in [1.54, 1.807) is 14.0 Å². The maximum atomic E-state index is 11.9. The van der Waals surface area contributed by atoms with Gasteiger partial charge in [-0.25, -0.2) is 4.79 Å². The average molecular weight is 256 g/mol. The van der Waals surface area contributed by atoms with Crippen molar-refractivity contribution in [2.24, 2.45) is 11.8 Å². The fourth-order valence-corrected chi connectivity index (χ4v) is 2.45. The lowest BCUT2D eigenvalue weighted by Crippen LogP contribution is -2.46. The molecule has 2 amide bonds. The van der Waals surface area contributed by atoms with Crippen LogP contribution in [0.4, 0.5) is 4.79 Å². The van der Waals surface area contributed by atoms with Crippen LogP contribution in [0, 0.1) is 11.8 Å². The fraction of sp³-hybridized carbons (Fsp3) is 0.846. The van der Waals surface area contributed by atoms with Gasteiger partial charge in [-0.3, -0.25) is 4.79 Å². The lowest BCUT2D eigenvalue weighted by Gasteiger charge is -2.25. The lowest BCUT2D eigenvalue weighted by atomic mass is 10.00. The molecule has 5 heteroatoms. The second-order valence-corrected chi connectivity index (χ2v) is 5.40. The molecule has 0 aliphatic heterocycles. The molecular weight excluding hydrogens is 232 g/mol. The smallest absolute Gasteiger partial charge is 0.317 e. The molecular formula is C13H24N2O3. The number of hydrogen-bond donors (Lipinski definition) is 2. The van der Waals surface area contributed by atoms with Crippen LogP contribution >= 0.6 is 0 Å². The van der Waals surface area contributed by atoms with E-state index in [9.17, 15) is 9.59 Å². The second kappa shape index (κ2) is 6.61. The van der Waals surface area contributed by atoms with E-state index in [0.29, 0.717) is 5.92 Å². The van der Waals surface area contributed by atoms with Crippen molar-refractivity contribution in [1.82, 2.24) is 10.2 Å². The van der Waals surface area contributed by atoms with E-state index < -0.39 is 11.9 Å². The van der Waals surface area contributed by atoms with Crippen LogP contribution in [0.2, 0.25) is 0 Å². The predicted molar refractivity (Wildman–Crippen MR) is 69.4 cm³/mol. The molecule has 1 saturated carbocycles. The molecule has 2 atom stereocenters. The number of carboxylic acid groups (broad SMARTS) is 1. The molecule has 0 bridgehead atoms. The van der Waals surface area contributed by atoms with Gasteiger partial charge in [-0.1, -0.05) is 19.8 Å². The Bertz CT molecular complexity index is 301. The van der Waals surface area contributed by atoms with Gasteiger partial charge in [0.15, 0.2) is 0 Å². The molecule has 0 aromatic rings. The molecule has 18 heavy (non-hydrogen) atoms. The van der Waals surface area contributed by atoms with Gasteiger partial charge in [-0.15, -0.1) is 0 Å². The molecule has 1 rings (SSSR count). The first-order valence-corrected chi connectivity index (χ1v) is 6.66. The number of urea groups is 1. The highest BCUT2D eigenvalue weighted by molar-refractivity contribution is 5.75. The van der Waals surface area contributed by atoms with Gasteiger partial charge in [0.05, 0.1) is 5.92 Å². The quantitative estimate of drug-likeness (QED) is 0.789. The number of amides is 2. The number of nitrogens with one attached hydrogen (secondary N) is 1. The van der Waals surface area contributed by atoms with Crippen LogP contribution in [0.15, 0.2) is 0 Å². The maximum absolute atomic E-state index is 11.9. The lowest BCUT2D eigenvalue weighted by molar-refractivity contribution is -0.141. The normalized spacial score (nSPS) is 19.3. The van der Waals surface area contributed by atoms with E-state index >= 15 is 0 Å². The van der Waals surface area contributed by atoms with Gasteiger partial charge in [0.2, 0.25) is 0 Å². The molecule has 0 spiro atoms. The van der Waals surface area contributed by atoms with Gasteiger partial charge in [0, 0.05) is 19.6 Å². The Morgan fingerprint density at radius 2 is 1.89 bits per heavy atom. The summed E-state index contributed by atoms with van der Waals surface area (Å²) in [5, 5.41) is 11.8. The molecule has 0 aromatic heterocycles. The average Bonchev–Trinajstić information content (AvgIpc) is 2.81. The van der Waals surface area contributed by atoms with Crippen molar-refractivity contribution in [3.8, 4) is 0 Å². The molecule has 1 aliphatic carbocycles.